The van der Waals surface area contributed by atoms with E-state index in [2.05, 4.69) is 9.97 Å². The average Bonchev–Trinajstić information content (AvgIpc) is 2.97. The molecular weight excluding hydrogens is 318 g/mol. The number of fused-ring (bicyclic) bond motifs is 3. The van der Waals surface area contributed by atoms with Gasteiger partial charge in [-0.3, -0.25) is 15.0 Å². The molecule has 4 rings (SSSR count). The molecule has 0 atom stereocenters. The zero-order valence-electron chi connectivity index (χ0n) is 12.4. The summed E-state index contributed by atoms with van der Waals surface area (Å²) >= 11 is 0. The molecule has 0 radical (unpaired) electrons. The van der Waals surface area contributed by atoms with Gasteiger partial charge in [-0.1, -0.05) is 0 Å². The largest absolute Gasteiger partial charge is 0.340 e. The molecule has 0 fully saturated rings. The van der Waals surface area contributed by atoms with Crippen LogP contribution in [0.15, 0.2) is 30.7 Å². The number of amides is 1. The number of hydrogen-bond acceptors (Lipinski definition) is 4. The fourth-order valence-electron chi connectivity index (χ4n) is 2.95. The van der Waals surface area contributed by atoms with Crippen LogP contribution >= 0.6 is 0 Å². The fraction of sp³-hybridized carbons (Fsp3) is 0.188. The SMILES string of the molecule is O=C1c2ncc3c(ccn3Cc3ncc(F)cc3F)c2CCN1O. The summed E-state index contributed by atoms with van der Waals surface area (Å²) in [6.45, 7) is 0.322. The second kappa shape index (κ2) is 5.34. The molecule has 1 amide bonds. The summed E-state index contributed by atoms with van der Waals surface area (Å²) in [5.74, 6) is -1.97. The molecule has 6 nitrogen and oxygen atoms in total. The van der Waals surface area contributed by atoms with Crippen LogP contribution in [0.3, 0.4) is 0 Å². The zero-order chi connectivity index (χ0) is 16.8. The minimum atomic E-state index is -0.726. The summed E-state index contributed by atoms with van der Waals surface area (Å²) in [4.78, 5) is 19.9. The lowest BCUT2D eigenvalue weighted by molar-refractivity contribution is -0.0606. The van der Waals surface area contributed by atoms with Gasteiger partial charge in [0.25, 0.3) is 5.91 Å². The van der Waals surface area contributed by atoms with Crippen molar-refractivity contribution >= 4 is 16.8 Å². The Kier molecular flexibility index (Phi) is 3.27. The van der Waals surface area contributed by atoms with Gasteiger partial charge in [0.2, 0.25) is 0 Å². The average molecular weight is 330 g/mol. The van der Waals surface area contributed by atoms with Crippen molar-refractivity contribution < 1.29 is 18.8 Å². The summed E-state index contributed by atoms with van der Waals surface area (Å²) in [5.41, 5.74) is 1.82. The number of rotatable bonds is 2. The number of hydroxylamine groups is 2. The Bertz CT molecular complexity index is 970. The fourth-order valence-corrected chi connectivity index (χ4v) is 2.95. The number of pyridine rings is 2. The summed E-state index contributed by atoms with van der Waals surface area (Å²) in [5, 5.41) is 11.0. The van der Waals surface area contributed by atoms with E-state index in [1.165, 1.54) is 6.20 Å². The van der Waals surface area contributed by atoms with E-state index < -0.39 is 17.5 Å². The molecule has 24 heavy (non-hydrogen) atoms. The molecular formula is C16H12F2N4O2. The van der Waals surface area contributed by atoms with E-state index >= 15 is 0 Å². The number of carbonyl (C=O) groups excluding carboxylic acids is 1. The van der Waals surface area contributed by atoms with E-state index in [-0.39, 0.29) is 24.5 Å². The molecule has 3 aromatic heterocycles. The molecule has 0 spiro atoms. The van der Waals surface area contributed by atoms with Crippen LogP contribution in [0.1, 0.15) is 21.7 Å². The highest BCUT2D eigenvalue weighted by Gasteiger charge is 2.26. The lowest BCUT2D eigenvalue weighted by Gasteiger charge is -2.22. The van der Waals surface area contributed by atoms with Crippen molar-refractivity contribution in [3.63, 3.8) is 0 Å². The highest BCUT2D eigenvalue weighted by Crippen LogP contribution is 2.26. The van der Waals surface area contributed by atoms with Crippen LogP contribution in [0.25, 0.3) is 10.9 Å². The zero-order valence-corrected chi connectivity index (χ0v) is 12.4. The third kappa shape index (κ3) is 2.23. The van der Waals surface area contributed by atoms with Gasteiger partial charge < -0.3 is 4.57 Å². The van der Waals surface area contributed by atoms with E-state index in [1.54, 1.807) is 10.8 Å². The number of aromatic nitrogens is 3. The van der Waals surface area contributed by atoms with Gasteiger partial charge in [-0.05, 0) is 18.1 Å². The van der Waals surface area contributed by atoms with Crippen LogP contribution in [0, 0.1) is 11.6 Å². The van der Waals surface area contributed by atoms with E-state index in [1.807, 2.05) is 6.07 Å². The van der Waals surface area contributed by atoms with Crippen LogP contribution in [0.2, 0.25) is 0 Å². The molecule has 0 aromatic carbocycles. The van der Waals surface area contributed by atoms with E-state index in [4.69, 9.17) is 0 Å². The van der Waals surface area contributed by atoms with Crippen LogP contribution in [0.4, 0.5) is 8.78 Å². The maximum atomic E-state index is 13.8. The summed E-state index contributed by atoms with van der Waals surface area (Å²) in [7, 11) is 0. The first kappa shape index (κ1) is 14.7. The molecule has 122 valence electrons. The Balaban J connectivity index is 1.77. The first-order valence-corrected chi connectivity index (χ1v) is 7.32. The molecule has 0 saturated carbocycles. The lowest BCUT2D eigenvalue weighted by atomic mass is 10.0. The predicted octanol–water partition coefficient (Wildman–Crippen LogP) is 2.15. The van der Waals surface area contributed by atoms with Gasteiger partial charge in [-0.15, -0.1) is 0 Å². The number of carbonyl (C=O) groups is 1. The van der Waals surface area contributed by atoms with Crippen molar-refractivity contribution in [3.05, 3.63) is 59.3 Å². The molecule has 8 heteroatoms. The highest BCUT2D eigenvalue weighted by atomic mass is 19.1. The van der Waals surface area contributed by atoms with Crippen molar-refractivity contribution in [2.45, 2.75) is 13.0 Å². The van der Waals surface area contributed by atoms with Gasteiger partial charge in [-0.25, -0.2) is 18.8 Å². The van der Waals surface area contributed by atoms with Gasteiger partial charge in [0.15, 0.2) is 0 Å². The maximum Gasteiger partial charge on any atom is 0.296 e. The van der Waals surface area contributed by atoms with Crippen LogP contribution < -0.4 is 0 Å². The van der Waals surface area contributed by atoms with Crippen molar-refractivity contribution in [1.29, 1.82) is 0 Å². The smallest absolute Gasteiger partial charge is 0.296 e. The third-order valence-electron chi connectivity index (χ3n) is 4.15. The highest BCUT2D eigenvalue weighted by molar-refractivity contribution is 5.99. The minimum Gasteiger partial charge on any atom is -0.340 e. The Hall–Kier alpha value is -2.87. The molecule has 1 aliphatic heterocycles. The van der Waals surface area contributed by atoms with Gasteiger partial charge in [0.1, 0.15) is 17.3 Å². The Morgan fingerprint density at radius 3 is 2.88 bits per heavy atom. The van der Waals surface area contributed by atoms with E-state index in [0.717, 1.165) is 28.7 Å². The van der Waals surface area contributed by atoms with Crippen LogP contribution in [-0.2, 0) is 13.0 Å². The maximum absolute atomic E-state index is 13.8. The standard InChI is InChI=1S/C16H12F2N4O2/c17-9-5-12(18)13(19-6-9)8-21-3-1-10-11-2-4-22(24)16(23)15(11)20-7-14(10)21/h1,3,5-7,24H,2,4,8H2. The predicted molar refractivity (Wildman–Crippen MR) is 79.5 cm³/mol. The Morgan fingerprint density at radius 2 is 2.08 bits per heavy atom. The molecule has 0 unspecified atom stereocenters. The quantitative estimate of drug-likeness (QED) is 0.731. The molecule has 1 N–H and O–H groups in total. The topological polar surface area (TPSA) is 71.2 Å². The van der Waals surface area contributed by atoms with E-state index in [9.17, 15) is 18.8 Å². The van der Waals surface area contributed by atoms with Gasteiger partial charge in [0.05, 0.1) is 36.7 Å². The first-order valence-electron chi connectivity index (χ1n) is 7.32. The van der Waals surface area contributed by atoms with Gasteiger partial charge in [-0.2, -0.15) is 0 Å². The molecule has 4 heterocycles. The molecule has 3 aromatic rings. The monoisotopic (exact) mass is 330 g/mol. The van der Waals surface area contributed by atoms with Crippen LogP contribution in [0.5, 0.6) is 0 Å². The second-order valence-electron chi connectivity index (χ2n) is 5.59. The number of halogens is 2. The van der Waals surface area contributed by atoms with Gasteiger partial charge >= 0.3 is 0 Å². The number of hydrogen-bond donors (Lipinski definition) is 1. The van der Waals surface area contributed by atoms with Crippen molar-refractivity contribution in [2.75, 3.05) is 6.54 Å². The van der Waals surface area contributed by atoms with Crippen molar-refractivity contribution in [1.82, 2.24) is 19.6 Å². The molecule has 0 aliphatic carbocycles. The first-order chi connectivity index (χ1) is 11.5. The lowest BCUT2D eigenvalue weighted by Crippen LogP contribution is -2.35. The minimum absolute atomic E-state index is 0.115. The third-order valence-corrected chi connectivity index (χ3v) is 4.15. The summed E-state index contributed by atoms with van der Waals surface area (Å²) in [6.07, 6.45) is 4.70. The van der Waals surface area contributed by atoms with Gasteiger partial charge in [0, 0.05) is 17.6 Å². The normalized spacial score (nSPS) is 14.3. The van der Waals surface area contributed by atoms with Crippen molar-refractivity contribution in [3.8, 4) is 0 Å². The van der Waals surface area contributed by atoms with Crippen molar-refractivity contribution in [2.24, 2.45) is 0 Å². The molecule has 0 bridgehead atoms. The Labute approximate surface area is 134 Å². The number of nitrogens with zero attached hydrogens (tertiary/aromatic N) is 4. The van der Waals surface area contributed by atoms with Crippen LogP contribution in [-0.4, -0.2) is 37.3 Å². The second-order valence-corrected chi connectivity index (χ2v) is 5.59. The summed E-state index contributed by atoms with van der Waals surface area (Å²) in [6, 6.07) is 2.61. The molecule has 1 aliphatic rings. The van der Waals surface area contributed by atoms with E-state index in [0.29, 0.717) is 11.5 Å². The summed E-state index contributed by atoms with van der Waals surface area (Å²) < 4.78 is 28.5. The Morgan fingerprint density at radius 1 is 1.25 bits per heavy atom. The molecule has 0 saturated heterocycles.